The van der Waals surface area contributed by atoms with E-state index in [0.717, 1.165) is 25.7 Å². The van der Waals surface area contributed by atoms with E-state index in [1.807, 2.05) is 14.1 Å². The Morgan fingerprint density at radius 1 is 1.36 bits per heavy atom. The molecule has 2 fully saturated rings. The smallest absolute Gasteiger partial charge is 0.260 e. The van der Waals surface area contributed by atoms with E-state index in [2.05, 4.69) is 17.0 Å². The molecule has 3 heterocycles. The molecule has 25 heavy (non-hydrogen) atoms. The van der Waals surface area contributed by atoms with Gasteiger partial charge in [0, 0.05) is 19.4 Å². The molecule has 1 aromatic heterocycles. The first-order chi connectivity index (χ1) is 12.0. The zero-order chi connectivity index (χ0) is 17.8. The third-order valence-electron chi connectivity index (χ3n) is 6.10. The van der Waals surface area contributed by atoms with Crippen molar-refractivity contribution < 1.29 is 23.8 Å². The van der Waals surface area contributed by atoms with Crippen molar-refractivity contribution in [3.63, 3.8) is 0 Å². The highest BCUT2D eigenvalue weighted by atomic mass is 16.6. The third-order valence-corrected chi connectivity index (χ3v) is 6.10. The van der Waals surface area contributed by atoms with Gasteiger partial charge in [-0.2, -0.15) is 0 Å². The number of aliphatic hydroxyl groups is 1. The second-order valence-corrected chi connectivity index (χ2v) is 7.67. The second kappa shape index (κ2) is 6.23. The van der Waals surface area contributed by atoms with E-state index < -0.39 is 11.7 Å². The molecule has 7 nitrogen and oxygen atoms in total. The number of rotatable bonds is 6. The minimum absolute atomic E-state index is 0.0163. The molecule has 1 aliphatic carbocycles. The van der Waals surface area contributed by atoms with Crippen molar-refractivity contribution in [2.24, 2.45) is 5.92 Å². The summed E-state index contributed by atoms with van der Waals surface area (Å²) in [6, 6.07) is -0.0163. The van der Waals surface area contributed by atoms with E-state index in [9.17, 15) is 5.11 Å². The number of ether oxygens (including phenoxy) is 3. The number of aromatic nitrogens is 1. The third kappa shape index (κ3) is 2.29. The number of hydrogen-bond donors (Lipinski definition) is 1. The largest absolute Gasteiger partial charge is 0.475 e. The highest BCUT2D eigenvalue weighted by Gasteiger charge is 2.70. The van der Waals surface area contributed by atoms with E-state index in [1.54, 1.807) is 7.11 Å². The molecule has 0 saturated carbocycles. The molecule has 4 rings (SSSR count). The Kier molecular flexibility index (Phi) is 4.30. The summed E-state index contributed by atoms with van der Waals surface area (Å²) in [6.07, 6.45) is 2.80. The number of fused-ring (bicyclic) bond motifs is 2. The van der Waals surface area contributed by atoms with Crippen molar-refractivity contribution in [3.8, 4) is 5.88 Å². The molecule has 1 N–H and O–H groups in total. The van der Waals surface area contributed by atoms with E-state index in [1.165, 1.54) is 0 Å². The van der Waals surface area contributed by atoms with Crippen molar-refractivity contribution in [1.29, 1.82) is 0 Å². The zero-order valence-corrected chi connectivity index (χ0v) is 15.4. The molecule has 0 aromatic carbocycles. The van der Waals surface area contributed by atoms with E-state index in [-0.39, 0.29) is 24.2 Å². The summed E-state index contributed by atoms with van der Waals surface area (Å²) in [4.78, 5) is 2.12. The van der Waals surface area contributed by atoms with Crippen LogP contribution in [0.1, 0.15) is 56.1 Å². The molecule has 140 valence electrons. The standard InChI is InChI=1S/C18H28N2O5/c1-5-6-7-23-17-13-15(25-19-17)14(20(2)3)11-8-10-9-12(22-4)18(11,24-10)16(13)21/h10-12,14,16,21H,5-9H2,1-4H3/t10-,11+,12?,14+,16?,18+/m1/s1. The molecule has 3 aliphatic rings. The lowest BCUT2D eigenvalue weighted by molar-refractivity contribution is -0.174. The highest BCUT2D eigenvalue weighted by Crippen LogP contribution is 2.63. The van der Waals surface area contributed by atoms with E-state index >= 15 is 0 Å². The quantitative estimate of drug-likeness (QED) is 0.785. The van der Waals surface area contributed by atoms with Gasteiger partial charge in [0.05, 0.1) is 30.4 Å². The summed E-state index contributed by atoms with van der Waals surface area (Å²) in [5, 5.41) is 15.5. The monoisotopic (exact) mass is 352 g/mol. The summed E-state index contributed by atoms with van der Waals surface area (Å²) in [5.74, 6) is 1.19. The van der Waals surface area contributed by atoms with Crippen molar-refractivity contribution in [1.82, 2.24) is 10.1 Å². The van der Waals surface area contributed by atoms with Crippen LogP contribution in [0.5, 0.6) is 5.88 Å². The van der Waals surface area contributed by atoms with Crippen molar-refractivity contribution >= 4 is 0 Å². The lowest BCUT2D eigenvalue weighted by Crippen LogP contribution is -2.57. The normalized spacial score (nSPS) is 38.9. The molecule has 2 unspecified atom stereocenters. The summed E-state index contributed by atoms with van der Waals surface area (Å²) in [6.45, 7) is 2.67. The summed E-state index contributed by atoms with van der Waals surface area (Å²) >= 11 is 0. The van der Waals surface area contributed by atoms with Gasteiger partial charge in [-0.15, -0.1) is 0 Å². The summed E-state index contributed by atoms with van der Waals surface area (Å²) in [7, 11) is 5.74. The Labute approximate surface area is 148 Å². The summed E-state index contributed by atoms with van der Waals surface area (Å²) in [5.41, 5.74) is -0.119. The maximum Gasteiger partial charge on any atom is 0.260 e. The number of nitrogens with zero attached hydrogens (tertiary/aromatic N) is 2. The molecule has 6 atom stereocenters. The van der Waals surface area contributed by atoms with Crippen LogP contribution < -0.4 is 4.74 Å². The molecule has 1 spiro atoms. The van der Waals surface area contributed by atoms with Crippen LogP contribution in [0, 0.1) is 5.92 Å². The van der Waals surface area contributed by atoms with E-state index in [0.29, 0.717) is 23.8 Å². The fourth-order valence-corrected chi connectivity index (χ4v) is 5.05. The Morgan fingerprint density at radius 2 is 2.16 bits per heavy atom. The van der Waals surface area contributed by atoms with Gasteiger partial charge in [-0.3, -0.25) is 4.90 Å². The predicted octanol–water partition coefficient (Wildman–Crippen LogP) is 2.07. The maximum atomic E-state index is 11.3. The molecule has 2 aliphatic heterocycles. The van der Waals surface area contributed by atoms with Crippen molar-refractivity contribution in [3.05, 3.63) is 11.3 Å². The van der Waals surface area contributed by atoms with Crippen LogP contribution in [0.2, 0.25) is 0 Å². The van der Waals surface area contributed by atoms with Crippen LogP contribution >= 0.6 is 0 Å². The van der Waals surface area contributed by atoms with Crippen LogP contribution in [0.25, 0.3) is 0 Å². The number of aliphatic hydroxyl groups excluding tert-OH is 1. The topological polar surface area (TPSA) is 77.2 Å². The molecular weight excluding hydrogens is 324 g/mol. The Hall–Kier alpha value is -1.15. The molecule has 0 radical (unpaired) electrons. The number of methoxy groups -OCH3 is 1. The predicted molar refractivity (Wildman–Crippen MR) is 89.4 cm³/mol. The molecule has 7 heteroatoms. The maximum absolute atomic E-state index is 11.3. The first-order valence-electron chi connectivity index (χ1n) is 9.21. The van der Waals surface area contributed by atoms with Crippen LogP contribution in [0.15, 0.2) is 4.52 Å². The van der Waals surface area contributed by atoms with Gasteiger partial charge in [0.25, 0.3) is 5.88 Å². The Balaban J connectivity index is 1.78. The fourth-order valence-electron chi connectivity index (χ4n) is 5.05. The number of unbranched alkanes of at least 4 members (excludes halogenated alkanes) is 1. The van der Waals surface area contributed by atoms with Crippen LogP contribution in [-0.2, 0) is 9.47 Å². The first kappa shape index (κ1) is 17.3. The summed E-state index contributed by atoms with van der Waals surface area (Å²) < 4.78 is 23.6. The molecule has 0 amide bonds. The van der Waals surface area contributed by atoms with Gasteiger partial charge in [-0.25, -0.2) is 0 Å². The van der Waals surface area contributed by atoms with Crippen molar-refractivity contribution in [2.45, 2.75) is 62.6 Å². The average molecular weight is 352 g/mol. The Bertz CT molecular complexity index is 633. The lowest BCUT2D eigenvalue weighted by Gasteiger charge is -2.48. The minimum Gasteiger partial charge on any atom is -0.475 e. The van der Waals surface area contributed by atoms with Gasteiger partial charge in [-0.1, -0.05) is 13.3 Å². The van der Waals surface area contributed by atoms with Gasteiger partial charge in [0.2, 0.25) is 0 Å². The first-order valence-corrected chi connectivity index (χ1v) is 9.21. The van der Waals surface area contributed by atoms with Crippen LogP contribution in [0.4, 0.5) is 0 Å². The lowest BCUT2D eigenvalue weighted by atomic mass is 9.64. The van der Waals surface area contributed by atoms with Gasteiger partial charge in [0.15, 0.2) is 5.76 Å². The molecule has 1 aromatic rings. The second-order valence-electron chi connectivity index (χ2n) is 7.67. The van der Waals surface area contributed by atoms with Gasteiger partial charge in [0.1, 0.15) is 11.7 Å². The van der Waals surface area contributed by atoms with Crippen LogP contribution in [-0.4, -0.2) is 60.8 Å². The van der Waals surface area contributed by atoms with Crippen molar-refractivity contribution in [2.75, 3.05) is 27.8 Å². The SMILES string of the molecule is CCCCOc1noc2c1C(O)[C@@]13O[C@@H](CC1OC)C[C@H]3[C@@H]2N(C)C. The molecule has 2 bridgehead atoms. The minimum atomic E-state index is -0.857. The van der Waals surface area contributed by atoms with E-state index in [4.69, 9.17) is 18.7 Å². The van der Waals surface area contributed by atoms with Gasteiger partial charge >= 0.3 is 0 Å². The highest BCUT2D eigenvalue weighted by molar-refractivity contribution is 5.41. The molecular formula is C18H28N2O5. The van der Waals surface area contributed by atoms with Gasteiger partial charge < -0.3 is 23.8 Å². The van der Waals surface area contributed by atoms with Crippen LogP contribution in [0.3, 0.4) is 0 Å². The molecule has 2 saturated heterocycles. The Morgan fingerprint density at radius 3 is 2.84 bits per heavy atom. The average Bonchev–Trinajstić information content (AvgIpc) is 3.26. The fraction of sp³-hybridized carbons (Fsp3) is 0.833. The number of hydrogen-bond acceptors (Lipinski definition) is 7. The van der Waals surface area contributed by atoms with Gasteiger partial charge in [-0.05, 0) is 32.1 Å². The zero-order valence-electron chi connectivity index (χ0n) is 15.4.